The molecule has 0 aliphatic carbocycles. The van der Waals surface area contributed by atoms with Gasteiger partial charge in [0.25, 0.3) is 0 Å². The van der Waals surface area contributed by atoms with E-state index >= 15 is 0 Å². The molecule has 2 N–H and O–H groups in total. The molecular formula is C11H12FN3O. The molecule has 0 amide bonds. The van der Waals surface area contributed by atoms with Crippen molar-refractivity contribution in [1.29, 1.82) is 0 Å². The number of nitrogens with zero attached hydrogens (tertiary/aromatic N) is 2. The highest BCUT2D eigenvalue weighted by Gasteiger charge is 2.00. The van der Waals surface area contributed by atoms with Crippen molar-refractivity contribution < 1.29 is 9.13 Å². The van der Waals surface area contributed by atoms with Gasteiger partial charge in [-0.2, -0.15) is 5.10 Å². The van der Waals surface area contributed by atoms with Gasteiger partial charge in [0.15, 0.2) is 5.75 Å². The van der Waals surface area contributed by atoms with E-state index in [2.05, 4.69) is 5.10 Å². The number of ether oxygens (including phenoxy) is 1. The Hall–Kier alpha value is -1.88. The van der Waals surface area contributed by atoms with Crippen LogP contribution in [0, 0.1) is 5.82 Å². The Morgan fingerprint density at radius 3 is 2.69 bits per heavy atom. The lowest BCUT2D eigenvalue weighted by Crippen LogP contribution is -2.09. The summed E-state index contributed by atoms with van der Waals surface area (Å²) in [7, 11) is 0. The molecule has 84 valence electrons. The Kier molecular flexibility index (Phi) is 3.16. The number of halogens is 1. The molecular weight excluding hydrogens is 209 g/mol. The summed E-state index contributed by atoms with van der Waals surface area (Å²) in [6.07, 6.45) is 3.34. The Bertz CT molecular complexity index is 453. The lowest BCUT2D eigenvalue weighted by Gasteiger charge is -2.01. The van der Waals surface area contributed by atoms with Crippen LogP contribution in [-0.2, 0) is 6.54 Å². The van der Waals surface area contributed by atoms with E-state index in [4.69, 9.17) is 10.5 Å². The lowest BCUT2D eigenvalue weighted by atomic mass is 10.3. The Morgan fingerprint density at radius 2 is 2.00 bits per heavy atom. The number of aromatic nitrogens is 2. The predicted octanol–water partition coefficient (Wildman–Crippen LogP) is 1.77. The first-order chi connectivity index (χ1) is 7.78. The molecule has 5 heteroatoms. The van der Waals surface area contributed by atoms with Gasteiger partial charge in [-0.3, -0.25) is 4.68 Å². The summed E-state index contributed by atoms with van der Waals surface area (Å²) in [6.45, 7) is 1.17. The molecule has 2 rings (SSSR count). The van der Waals surface area contributed by atoms with Crippen LogP contribution in [0.15, 0.2) is 36.7 Å². The van der Waals surface area contributed by atoms with Crippen molar-refractivity contribution in [2.45, 2.75) is 6.54 Å². The smallest absolute Gasteiger partial charge is 0.165 e. The van der Waals surface area contributed by atoms with Crippen LogP contribution < -0.4 is 10.5 Å². The predicted molar refractivity (Wildman–Crippen MR) is 57.8 cm³/mol. The summed E-state index contributed by atoms with van der Waals surface area (Å²) < 4.78 is 19.8. The van der Waals surface area contributed by atoms with Gasteiger partial charge in [0.05, 0.1) is 18.9 Å². The van der Waals surface area contributed by atoms with Crippen LogP contribution in [0.3, 0.4) is 0 Å². The fourth-order valence-electron chi connectivity index (χ4n) is 1.29. The maximum absolute atomic E-state index is 12.6. The average Bonchev–Trinajstić information content (AvgIpc) is 2.70. The molecule has 0 aliphatic heterocycles. The molecule has 0 spiro atoms. The minimum absolute atomic E-state index is 0.286. The third-order valence-corrected chi connectivity index (χ3v) is 2.02. The number of nitrogens with two attached hydrogens (primary N) is 1. The van der Waals surface area contributed by atoms with Crippen LogP contribution in [0.1, 0.15) is 0 Å². The zero-order chi connectivity index (χ0) is 11.4. The Labute approximate surface area is 92.4 Å². The molecule has 0 atom stereocenters. The topological polar surface area (TPSA) is 53.1 Å². The zero-order valence-electron chi connectivity index (χ0n) is 8.64. The van der Waals surface area contributed by atoms with Crippen molar-refractivity contribution in [3.63, 3.8) is 0 Å². The zero-order valence-corrected chi connectivity index (χ0v) is 8.64. The van der Waals surface area contributed by atoms with E-state index in [-0.39, 0.29) is 5.82 Å². The van der Waals surface area contributed by atoms with Gasteiger partial charge < -0.3 is 10.5 Å². The van der Waals surface area contributed by atoms with Crippen LogP contribution in [0.2, 0.25) is 0 Å². The lowest BCUT2D eigenvalue weighted by molar-refractivity contribution is 0.479. The summed E-state index contributed by atoms with van der Waals surface area (Å²) in [5.74, 6) is 0.903. The van der Waals surface area contributed by atoms with Gasteiger partial charge in [-0.05, 0) is 24.3 Å². The van der Waals surface area contributed by atoms with Crippen molar-refractivity contribution in [3.8, 4) is 11.5 Å². The average molecular weight is 221 g/mol. The molecule has 1 aromatic heterocycles. The van der Waals surface area contributed by atoms with Crippen molar-refractivity contribution in [1.82, 2.24) is 9.78 Å². The van der Waals surface area contributed by atoms with Gasteiger partial charge >= 0.3 is 0 Å². The van der Waals surface area contributed by atoms with E-state index in [1.807, 2.05) is 0 Å². The molecule has 1 heterocycles. The molecule has 0 aliphatic rings. The molecule has 0 radical (unpaired) electrons. The largest absolute Gasteiger partial charge is 0.454 e. The summed E-state index contributed by atoms with van der Waals surface area (Å²) in [5, 5.41) is 4.06. The highest BCUT2D eigenvalue weighted by molar-refractivity contribution is 5.28. The summed E-state index contributed by atoms with van der Waals surface area (Å²) in [5.41, 5.74) is 5.40. The highest BCUT2D eigenvalue weighted by atomic mass is 19.1. The third-order valence-electron chi connectivity index (χ3n) is 2.02. The van der Waals surface area contributed by atoms with Crippen molar-refractivity contribution in [3.05, 3.63) is 42.5 Å². The molecule has 0 bridgehead atoms. The van der Waals surface area contributed by atoms with Gasteiger partial charge in [-0.1, -0.05) is 0 Å². The van der Waals surface area contributed by atoms with E-state index in [1.54, 1.807) is 29.2 Å². The monoisotopic (exact) mass is 221 g/mol. The fourth-order valence-corrected chi connectivity index (χ4v) is 1.29. The maximum Gasteiger partial charge on any atom is 0.165 e. The normalized spacial score (nSPS) is 10.4. The first-order valence-corrected chi connectivity index (χ1v) is 4.94. The van der Waals surface area contributed by atoms with Gasteiger partial charge in [-0.25, -0.2) is 4.39 Å². The third kappa shape index (κ3) is 2.58. The molecule has 0 saturated heterocycles. The summed E-state index contributed by atoms with van der Waals surface area (Å²) in [6, 6.07) is 5.82. The van der Waals surface area contributed by atoms with Crippen LogP contribution >= 0.6 is 0 Å². The molecule has 16 heavy (non-hydrogen) atoms. The van der Waals surface area contributed by atoms with E-state index in [0.717, 1.165) is 0 Å². The Morgan fingerprint density at radius 1 is 1.25 bits per heavy atom. The maximum atomic E-state index is 12.6. The standard InChI is InChI=1S/C11H12FN3O/c12-9-1-3-10(4-2-9)16-11-7-14-15(8-11)6-5-13/h1-4,7-8H,5-6,13H2. The second-order valence-electron chi connectivity index (χ2n) is 3.28. The molecule has 0 unspecified atom stereocenters. The number of hydrogen-bond donors (Lipinski definition) is 1. The molecule has 2 aromatic rings. The van der Waals surface area contributed by atoms with Crippen LogP contribution in [0.4, 0.5) is 4.39 Å². The minimum Gasteiger partial charge on any atom is -0.454 e. The first kappa shape index (κ1) is 10.6. The SMILES string of the molecule is NCCn1cc(Oc2ccc(F)cc2)cn1. The number of benzene rings is 1. The first-order valence-electron chi connectivity index (χ1n) is 4.94. The van der Waals surface area contributed by atoms with Crippen LogP contribution in [0.5, 0.6) is 11.5 Å². The highest BCUT2D eigenvalue weighted by Crippen LogP contribution is 2.20. The Balaban J connectivity index is 2.05. The van der Waals surface area contributed by atoms with Crippen molar-refractivity contribution >= 4 is 0 Å². The molecule has 0 fully saturated rings. The second-order valence-corrected chi connectivity index (χ2v) is 3.28. The van der Waals surface area contributed by atoms with Gasteiger partial charge in [0, 0.05) is 6.54 Å². The second kappa shape index (κ2) is 4.76. The molecule has 0 saturated carbocycles. The van der Waals surface area contributed by atoms with Crippen molar-refractivity contribution in [2.24, 2.45) is 5.73 Å². The number of rotatable bonds is 4. The van der Waals surface area contributed by atoms with Gasteiger partial charge in [0.1, 0.15) is 11.6 Å². The van der Waals surface area contributed by atoms with E-state index < -0.39 is 0 Å². The van der Waals surface area contributed by atoms with Crippen molar-refractivity contribution in [2.75, 3.05) is 6.54 Å². The van der Waals surface area contributed by atoms with E-state index in [9.17, 15) is 4.39 Å². The fraction of sp³-hybridized carbons (Fsp3) is 0.182. The van der Waals surface area contributed by atoms with Gasteiger partial charge in [-0.15, -0.1) is 0 Å². The molecule has 4 nitrogen and oxygen atoms in total. The van der Waals surface area contributed by atoms with E-state index in [1.165, 1.54) is 12.1 Å². The van der Waals surface area contributed by atoms with Crippen LogP contribution in [-0.4, -0.2) is 16.3 Å². The quantitative estimate of drug-likeness (QED) is 0.856. The van der Waals surface area contributed by atoms with Gasteiger partial charge in [0.2, 0.25) is 0 Å². The van der Waals surface area contributed by atoms with Crippen LogP contribution in [0.25, 0.3) is 0 Å². The summed E-state index contributed by atoms with van der Waals surface area (Å²) >= 11 is 0. The van der Waals surface area contributed by atoms with E-state index in [0.29, 0.717) is 24.6 Å². The number of hydrogen-bond acceptors (Lipinski definition) is 3. The summed E-state index contributed by atoms with van der Waals surface area (Å²) in [4.78, 5) is 0. The minimum atomic E-state index is -0.286. The molecule has 1 aromatic carbocycles.